The molecular weight excluding hydrogens is 661 g/mol. The Bertz CT molecular complexity index is 1840. The molecule has 0 bridgehead atoms. The van der Waals surface area contributed by atoms with Gasteiger partial charge in [-0.2, -0.15) is 0 Å². The van der Waals surface area contributed by atoms with Crippen LogP contribution in [-0.2, 0) is 6.54 Å². The number of rotatable bonds is 11. The Morgan fingerprint density at radius 1 is 0.865 bits per heavy atom. The summed E-state index contributed by atoms with van der Waals surface area (Å²) >= 11 is 0. The fourth-order valence-corrected chi connectivity index (χ4v) is 6.94. The molecule has 0 saturated carbocycles. The predicted molar refractivity (Wildman–Crippen MR) is 203 cm³/mol. The van der Waals surface area contributed by atoms with E-state index >= 15 is 0 Å². The quantitative estimate of drug-likeness (QED) is 0.1000. The second kappa shape index (κ2) is 15.7. The van der Waals surface area contributed by atoms with Crippen molar-refractivity contribution in [2.75, 3.05) is 80.1 Å². The number of carbonyl (C=O) groups excluding carboxylic acids is 2. The molecule has 3 aromatic rings. The Morgan fingerprint density at radius 3 is 2.31 bits per heavy atom. The van der Waals surface area contributed by atoms with Crippen molar-refractivity contribution in [3.63, 3.8) is 0 Å². The number of urea groups is 1. The van der Waals surface area contributed by atoms with E-state index in [1.54, 1.807) is 17.0 Å². The third-order valence-corrected chi connectivity index (χ3v) is 9.78. The molecule has 1 atom stereocenters. The Kier molecular flexibility index (Phi) is 10.5. The predicted octanol–water partition coefficient (Wildman–Crippen LogP) is 2.33. The number of nitrogens with zero attached hydrogens (tertiary/aromatic N) is 5. The van der Waals surface area contributed by atoms with Gasteiger partial charge in [-0.05, 0) is 79.2 Å². The smallest absolute Gasteiger partial charge is 0.327 e. The Hall–Kier alpha value is -5.60. The molecular formula is C38H46FN11O2. The van der Waals surface area contributed by atoms with Crippen molar-refractivity contribution >= 4 is 40.7 Å². The second-order valence-corrected chi connectivity index (χ2v) is 13.3. The van der Waals surface area contributed by atoms with E-state index in [0.29, 0.717) is 44.8 Å². The molecule has 0 spiro atoms. The highest BCUT2D eigenvalue weighted by Crippen LogP contribution is 2.31. The molecule has 3 aromatic carbocycles. The van der Waals surface area contributed by atoms with E-state index in [4.69, 9.17) is 11.5 Å². The standard InChI is InChI=1S/C38H46FN11O2/c39-30-4-8-31(9-5-30)48-16-18-49(19-17-48)36(51)28-20-27(21-33(22-28)47-14-12-42-13-15-47)34-23-29-25-50(38(52)46-35(29)45-34)32-6-2-26(3-7-32)24-43-10-1-11-44-37(40)41/h2-9,20-23,25,35,42-43,45H,1,10-19,24H2,(H,46,52)(H4,40,41,44). The molecule has 14 heteroatoms. The lowest BCUT2D eigenvalue weighted by Gasteiger charge is -2.36. The fourth-order valence-electron chi connectivity index (χ4n) is 6.94. The van der Waals surface area contributed by atoms with E-state index in [-0.39, 0.29) is 29.9 Å². The number of aliphatic imine (C=N–C) groups is 1. The van der Waals surface area contributed by atoms with Gasteiger partial charge in [0.05, 0.1) is 5.69 Å². The van der Waals surface area contributed by atoms with Gasteiger partial charge in [0.1, 0.15) is 12.0 Å². The van der Waals surface area contributed by atoms with Crippen LogP contribution in [0.3, 0.4) is 0 Å². The Balaban J connectivity index is 1.06. The van der Waals surface area contributed by atoms with Gasteiger partial charge in [0.15, 0.2) is 5.96 Å². The van der Waals surface area contributed by atoms with E-state index < -0.39 is 0 Å². The number of hydrogen-bond acceptors (Lipinski definition) is 8. The van der Waals surface area contributed by atoms with E-state index in [1.165, 1.54) is 12.1 Å². The number of piperazine rings is 2. The van der Waals surface area contributed by atoms with Crippen LogP contribution < -0.4 is 47.4 Å². The molecule has 2 saturated heterocycles. The van der Waals surface area contributed by atoms with Gasteiger partial charge in [0.25, 0.3) is 5.91 Å². The van der Waals surface area contributed by atoms with E-state index in [1.807, 2.05) is 53.6 Å². The molecule has 1 unspecified atom stereocenters. The zero-order valence-corrected chi connectivity index (χ0v) is 29.2. The van der Waals surface area contributed by atoms with Gasteiger partial charge < -0.3 is 47.4 Å². The number of nitrogens with two attached hydrogens (primary N) is 2. The van der Waals surface area contributed by atoms with Gasteiger partial charge >= 0.3 is 6.03 Å². The Morgan fingerprint density at radius 2 is 1.58 bits per heavy atom. The number of fused-ring (bicyclic) bond motifs is 1. The summed E-state index contributed by atoms with van der Waals surface area (Å²) in [6.07, 6.45) is 4.36. The average molecular weight is 708 g/mol. The maximum atomic E-state index is 14.0. The number of guanidine groups is 1. The number of anilines is 3. The van der Waals surface area contributed by atoms with Crippen molar-refractivity contribution in [1.29, 1.82) is 0 Å². The number of nitrogens with one attached hydrogen (secondary N) is 4. The van der Waals surface area contributed by atoms with Crippen LogP contribution in [0.25, 0.3) is 5.70 Å². The lowest BCUT2D eigenvalue weighted by atomic mass is 10.0. The zero-order valence-electron chi connectivity index (χ0n) is 29.2. The fraction of sp³-hybridized carbons (Fsp3) is 0.342. The van der Waals surface area contributed by atoms with Crippen molar-refractivity contribution in [3.05, 3.63) is 107 Å². The van der Waals surface area contributed by atoms with Crippen molar-refractivity contribution in [2.24, 2.45) is 16.5 Å². The molecule has 4 heterocycles. The SMILES string of the molecule is NC(N)=NCCCNCc1ccc(N2C=C3C=C(c4cc(C(=O)N5CCN(c6ccc(F)cc6)CC5)cc(N5CCNCC5)c4)NC3NC2=O)cc1. The summed E-state index contributed by atoms with van der Waals surface area (Å²) < 4.78 is 13.5. The number of halogens is 1. The minimum Gasteiger partial charge on any atom is -0.370 e. The minimum absolute atomic E-state index is 0.0173. The minimum atomic E-state index is -0.386. The molecule has 3 amide bonds. The van der Waals surface area contributed by atoms with Crippen LogP contribution in [0.5, 0.6) is 0 Å². The van der Waals surface area contributed by atoms with Gasteiger partial charge in [-0.15, -0.1) is 0 Å². The summed E-state index contributed by atoms with van der Waals surface area (Å²) in [5.74, 6) is -0.175. The summed E-state index contributed by atoms with van der Waals surface area (Å²) in [7, 11) is 0. The van der Waals surface area contributed by atoms with Crippen LogP contribution in [0.1, 0.15) is 27.9 Å². The maximum absolute atomic E-state index is 14.0. The van der Waals surface area contributed by atoms with Crippen LogP contribution in [0.15, 0.2) is 89.6 Å². The van der Waals surface area contributed by atoms with E-state index in [2.05, 4.69) is 42.1 Å². The third kappa shape index (κ3) is 8.13. The van der Waals surface area contributed by atoms with Gasteiger partial charge in [-0.1, -0.05) is 12.1 Å². The summed E-state index contributed by atoms with van der Waals surface area (Å²) in [6.45, 7) is 7.95. The lowest BCUT2D eigenvalue weighted by Crippen LogP contribution is -2.51. The first-order chi connectivity index (χ1) is 25.3. The van der Waals surface area contributed by atoms with Crippen LogP contribution in [-0.4, -0.2) is 94.4 Å². The van der Waals surface area contributed by atoms with E-state index in [9.17, 15) is 14.0 Å². The lowest BCUT2D eigenvalue weighted by molar-refractivity contribution is 0.0746. The summed E-state index contributed by atoms with van der Waals surface area (Å²) in [5.41, 5.74) is 17.8. The molecule has 272 valence electrons. The van der Waals surface area contributed by atoms with Crippen LogP contribution in [0.2, 0.25) is 0 Å². The van der Waals surface area contributed by atoms with Gasteiger partial charge in [0.2, 0.25) is 0 Å². The van der Waals surface area contributed by atoms with Crippen molar-refractivity contribution in [2.45, 2.75) is 19.1 Å². The second-order valence-electron chi connectivity index (χ2n) is 13.3. The normalized spacial score (nSPS) is 18.6. The first-order valence-electron chi connectivity index (χ1n) is 17.9. The molecule has 2 fully saturated rings. The van der Waals surface area contributed by atoms with Gasteiger partial charge in [0, 0.05) is 105 Å². The highest BCUT2D eigenvalue weighted by molar-refractivity contribution is 5.98. The highest BCUT2D eigenvalue weighted by Gasteiger charge is 2.32. The maximum Gasteiger partial charge on any atom is 0.327 e. The molecule has 4 aliphatic rings. The summed E-state index contributed by atoms with van der Waals surface area (Å²) in [6, 6.07) is 20.2. The molecule has 0 aromatic heterocycles. The topological polar surface area (TPSA) is 160 Å². The number of carbonyl (C=O) groups is 2. The third-order valence-electron chi connectivity index (χ3n) is 9.78. The summed E-state index contributed by atoms with van der Waals surface area (Å²) in [4.78, 5) is 39.3. The van der Waals surface area contributed by atoms with E-state index in [0.717, 1.165) is 78.6 Å². The first-order valence-corrected chi connectivity index (χ1v) is 17.9. The van der Waals surface area contributed by atoms with Crippen molar-refractivity contribution < 1.29 is 14.0 Å². The zero-order chi connectivity index (χ0) is 36.0. The van der Waals surface area contributed by atoms with Gasteiger partial charge in [-0.25, -0.2) is 9.18 Å². The highest BCUT2D eigenvalue weighted by atomic mass is 19.1. The van der Waals surface area contributed by atoms with Crippen LogP contribution in [0, 0.1) is 5.82 Å². The number of hydrogen-bond donors (Lipinski definition) is 6. The summed E-state index contributed by atoms with van der Waals surface area (Å²) in [5, 5.41) is 13.4. The molecule has 7 rings (SSSR count). The first kappa shape index (κ1) is 34.8. The van der Waals surface area contributed by atoms with Crippen LogP contribution >= 0.6 is 0 Å². The molecule has 52 heavy (non-hydrogen) atoms. The van der Waals surface area contributed by atoms with Crippen LogP contribution in [0.4, 0.5) is 26.2 Å². The number of amides is 3. The molecule has 13 nitrogen and oxygen atoms in total. The molecule has 8 N–H and O–H groups in total. The average Bonchev–Trinajstić information content (AvgIpc) is 3.59. The largest absolute Gasteiger partial charge is 0.370 e. The van der Waals surface area contributed by atoms with Crippen molar-refractivity contribution in [1.82, 2.24) is 26.2 Å². The molecule has 0 aliphatic carbocycles. The number of benzene rings is 3. The monoisotopic (exact) mass is 707 g/mol. The van der Waals surface area contributed by atoms with Gasteiger partial charge in [-0.3, -0.25) is 14.7 Å². The Labute approximate surface area is 303 Å². The van der Waals surface area contributed by atoms with Crippen molar-refractivity contribution in [3.8, 4) is 0 Å². The molecule has 4 aliphatic heterocycles. The molecule has 0 radical (unpaired) electrons.